The molecule has 0 radical (unpaired) electrons. The van der Waals surface area contributed by atoms with Crippen molar-refractivity contribution in [1.29, 1.82) is 0 Å². The highest BCUT2D eigenvalue weighted by Gasteiger charge is 2.14. The highest BCUT2D eigenvalue weighted by Crippen LogP contribution is 2.14. The zero-order chi connectivity index (χ0) is 22.2. The van der Waals surface area contributed by atoms with E-state index < -0.39 is 11.8 Å². The number of nitrogens with one attached hydrogen (secondary N) is 2. The lowest BCUT2D eigenvalue weighted by Crippen LogP contribution is -2.31. The Morgan fingerprint density at radius 1 is 0.812 bits per heavy atom. The third kappa shape index (κ3) is 6.28. The van der Waals surface area contributed by atoms with Crippen molar-refractivity contribution in [2.45, 2.75) is 32.2 Å². The summed E-state index contributed by atoms with van der Waals surface area (Å²) in [5.41, 5.74) is 3.50. The summed E-state index contributed by atoms with van der Waals surface area (Å²) in [6.45, 7) is 4.14. The largest absolute Gasteiger partial charge is 0.333 e. The molecule has 0 atom stereocenters. The van der Waals surface area contributed by atoms with E-state index in [0.29, 0.717) is 17.9 Å². The Kier molecular flexibility index (Phi) is 7.30. The van der Waals surface area contributed by atoms with Crippen LogP contribution < -0.4 is 10.6 Å². The van der Waals surface area contributed by atoms with Crippen molar-refractivity contribution >= 4 is 23.2 Å². The first-order chi connectivity index (χ1) is 15.7. The van der Waals surface area contributed by atoms with Gasteiger partial charge in [0.05, 0.1) is 6.33 Å². The van der Waals surface area contributed by atoms with Gasteiger partial charge in [0.25, 0.3) is 0 Å². The van der Waals surface area contributed by atoms with Gasteiger partial charge in [-0.3, -0.25) is 9.59 Å². The molecule has 0 unspecified atom stereocenters. The van der Waals surface area contributed by atoms with Gasteiger partial charge in [0, 0.05) is 36.9 Å². The van der Waals surface area contributed by atoms with E-state index in [4.69, 9.17) is 0 Å². The molecule has 0 aliphatic carbocycles. The lowest BCUT2D eigenvalue weighted by Gasteiger charge is -2.26. The first-order valence-electron chi connectivity index (χ1n) is 11.1. The van der Waals surface area contributed by atoms with Gasteiger partial charge in [0.2, 0.25) is 0 Å². The molecule has 2 heterocycles. The second-order valence-corrected chi connectivity index (χ2v) is 8.19. The number of hydrogen-bond acceptors (Lipinski definition) is 4. The number of rotatable bonds is 7. The molecule has 0 spiro atoms. The van der Waals surface area contributed by atoms with Crippen LogP contribution in [0.4, 0.5) is 11.4 Å². The van der Waals surface area contributed by atoms with Crippen LogP contribution in [0.25, 0.3) is 0 Å². The maximum absolute atomic E-state index is 12.3. The Morgan fingerprint density at radius 2 is 1.41 bits per heavy atom. The molecular formula is C25H29N5O2. The van der Waals surface area contributed by atoms with Crippen molar-refractivity contribution in [3.63, 3.8) is 0 Å². The first-order valence-corrected chi connectivity index (χ1v) is 11.1. The zero-order valence-corrected chi connectivity index (χ0v) is 18.2. The van der Waals surface area contributed by atoms with E-state index in [-0.39, 0.29) is 0 Å². The van der Waals surface area contributed by atoms with Gasteiger partial charge < -0.3 is 20.1 Å². The van der Waals surface area contributed by atoms with Crippen LogP contribution in [0.15, 0.2) is 67.3 Å². The van der Waals surface area contributed by atoms with E-state index in [0.717, 1.165) is 18.5 Å². The van der Waals surface area contributed by atoms with Gasteiger partial charge in [-0.15, -0.1) is 0 Å². The van der Waals surface area contributed by atoms with Crippen LogP contribution >= 0.6 is 0 Å². The van der Waals surface area contributed by atoms with E-state index in [1.54, 1.807) is 24.7 Å². The topological polar surface area (TPSA) is 79.3 Å². The van der Waals surface area contributed by atoms with Gasteiger partial charge in [-0.25, -0.2) is 4.98 Å². The number of hydrogen-bond donors (Lipinski definition) is 2. The molecule has 1 aliphatic heterocycles. The molecule has 7 heteroatoms. The van der Waals surface area contributed by atoms with Crippen molar-refractivity contribution in [2.24, 2.45) is 0 Å². The van der Waals surface area contributed by atoms with Crippen LogP contribution in [-0.4, -0.2) is 45.9 Å². The molecule has 1 aromatic heterocycles. The Hall–Kier alpha value is -3.45. The summed E-state index contributed by atoms with van der Waals surface area (Å²) >= 11 is 0. The third-order valence-corrected chi connectivity index (χ3v) is 5.72. The molecule has 1 saturated heterocycles. The molecule has 3 aromatic rings. The Morgan fingerprint density at radius 3 is 1.97 bits per heavy atom. The number of likely N-dealkylation sites (tertiary alicyclic amines) is 1. The number of nitrogens with zero attached hydrogens (tertiary/aromatic N) is 3. The summed E-state index contributed by atoms with van der Waals surface area (Å²) in [6, 6.07) is 15.1. The quantitative estimate of drug-likeness (QED) is 0.561. The van der Waals surface area contributed by atoms with Gasteiger partial charge in [-0.1, -0.05) is 30.7 Å². The molecule has 2 N–H and O–H groups in total. The van der Waals surface area contributed by atoms with E-state index in [1.807, 2.05) is 47.2 Å². The number of carbonyl (C=O) groups is 2. The Bertz CT molecular complexity index is 1010. The minimum Gasteiger partial charge on any atom is -0.333 e. The molecule has 1 aliphatic rings. The Balaban J connectivity index is 1.23. The lowest BCUT2D eigenvalue weighted by molar-refractivity contribution is -0.132. The van der Waals surface area contributed by atoms with E-state index in [9.17, 15) is 9.59 Å². The molecule has 7 nitrogen and oxygen atoms in total. The highest BCUT2D eigenvalue weighted by molar-refractivity contribution is 6.43. The summed E-state index contributed by atoms with van der Waals surface area (Å²) < 4.78 is 1.96. The first kappa shape index (κ1) is 21.8. The number of benzene rings is 2. The van der Waals surface area contributed by atoms with Gasteiger partial charge in [-0.05, 0) is 67.7 Å². The number of piperidine rings is 1. The van der Waals surface area contributed by atoms with Crippen molar-refractivity contribution in [1.82, 2.24) is 14.5 Å². The molecule has 32 heavy (non-hydrogen) atoms. The number of anilines is 2. The van der Waals surface area contributed by atoms with Crippen molar-refractivity contribution in [3.8, 4) is 0 Å². The number of imidazole rings is 1. The van der Waals surface area contributed by atoms with Gasteiger partial charge in [0.1, 0.15) is 0 Å². The fourth-order valence-electron chi connectivity index (χ4n) is 3.89. The molecule has 2 amide bonds. The summed E-state index contributed by atoms with van der Waals surface area (Å²) in [5, 5.41) is 5.30. The van der Waals surface area contributed by atoms with Crippen LogP contribution in [0, 0.1) is 0 Å². The zero-order valence-electron chi connectivity index (χ0n) is 18.2. The summed E-state index contributed by atoms with van der Waals surface area (Å²) in [4.78, 5) is 31.1. The maximum atomic E-state index is 12.3. The summed E-state index contributed by atoms with van der Waals surface area (Å²) in [7, 11) is 0. The van der Waals surface area contributed by atoms with E-state index in [2.05, 4.69) is 20.5 Å². The highest BCUT2D eigenvalue weighted by atomic mass is 16.2. The van der Waals surface area contributed by atoms with Gasteiger partial charge in [0.15, 0.2) is 0 Å². The lowest BCUT2D eigenvalue weighted by atomic mass is 10.1. The minimum absolute atomic E-state index is 0.576. The van der Waals surface area contributed by atoms with Gasteiger partial charge >= 0.3 is 11.8 Å². The predicted molar refractivity (Wildman–Crippen MR) is 125 cm³/mol. The van der Waals surface area contributed by atoms with Crippen LogP contribution in [0.1, 0.15) is 30.4 Å². The number of carbonyl (C=O) groups excluding carboxylic acids is 2. The third-order valence-electron chi connectivity index (χ3n) is 5.72. The second-order valence-electron chi connectivity index (χ2n) is 8.19. The number of aromatic nitrogens is 2. The van der Waals surface area contributed by atoms with Crippen LogP contribution in [0.3, 0.4) is 0 Å². The van der Waals surface area contributed by atoms with Crippen LogP contribution in [-0.2, 0) is 22.6 Å². The Labute approximate surface area is 188 Å². The fourth-order valence-corrected chi connectivity index (χ4v) is 3.89. The van der Waals surface area contributed by atoms with E-state index >= 15 is 0 Å². The fraction of sp³-hybridized carbons (Fsp3) is 0.320. The van der Waals surface area contributed by atoms with E-state index in [1.165, 1.54) is 37.9 Å². The predicted octanol–water partition coefficient (Wildman–Crippen LogP) is 3.54. The molecule has 2 aromatic carbocycles. The monoisotopic (exact) mass is 431 g/mol. The molecule has 4 rings (SSSR count). The molecule has 166 valence electrons. The molecule has 1 fully saturated rings. The van der Waals surface area contributed by atoms with Gasteiger partial charge in [-0.2, -0.15) is 0 Å². The average molecular weight is 432 g/mol. The molecular weight excluding hydrogens is 402 g/mol. The summed E-state index contributed by atoms with van der Waals surface area (Å²) in [6.07, 6.45) is 10.3. The molecule has 0 bridgehead atoms. The molecule has 0 saturated carbocycles. The van der Waals surface area contributed by atoms with Crippen molar-refractivity contribution in [2.75, 3.05) is 30.3 Å². The van der Waals surface area contributed by atoms with Crippen LogP contribution in [0.2, 0.25) is 0 Å². The maximum Gasteiger partial charge on any atom is 0.314 e. The summed E-state index contributed by atoms with van der Waals surface area (Å²) in [5.74, 6) is -1.38. The smallest absolute Gasteiger partial charge is 0.314 e. The second kappa shape index (κ2) is 10.7. The minimum atomic E-state index is -0.693. The normalized spacial score (nSPS) is 14.1. The SMILES string of the molecule is O=C(Nc1ccc(CCN2CCCCC2)cc1)C(=O)Nc1ccc(Cn2ccnc2)cc1. The standard InChI is InChI=1S/C25H29N5O2/c31-24(25(32)28-23-10-6-21(7-11-23)18-30-17-13-26-19-30)27-22-8-4-20(5-9-22)12-16-29-14-2-1-3-15-29/h4-11,13,17,19H,1-3,12,14-16,18H2,(H,27,31)(H,28,32). The van der Waals surface area contributed by atoms with Crippen molar-refractivity contribution < 1.29 is 9.59 Å². The number of amides is 2. The average Bonchev–Trinajstić information content (AvgIpc) is 3.33. The van der Waals surface area contributed by atoms with Crippen molar-refractivity contribution in [3.05, 3.63) is 78.4 Å². The van der Waals surface area contributed by atoms with Crippen LogP contribution in [0.5, 0.6) is 0 Å².